The molecule has 0 spiro atoms. The molecule has 2 heterocycles. The number of hydrogen-bond acceptors (Lipinski definition) is 4. The highest BCUT2D eigenvalue weighted by Gasteiger charge is 2.19. The molecule has 1 atom stereocenters. The van der Waals surface area contributed by atoms with Crippen LogP contribution in [0.25, 0.3) is 6.08 Å². The molecule has 1 saturated heterocycles. The summed E-state index contributed by atoms with van der Waals surface area (Å²) in [6.45, 7) is 1.89. The largest absolute Gasteiger partial charge is 0.482 e. The SMILES string of the molecule is C1=C2NCCCC2CCC1.O=CN1CC=Cc2ccccc21.O[B]O. The Morgan fingerprint density at radius 2 is 1.96 bits per heavy atom. The summed E-state index contributed by atoms with van der Waals surface area (Å²) in [5, 5.41) is 17.5. The fourth-order valence-electron chi connectivity index (χ4n) is 3.42. The van der Waals surface area contributed by atoms with Crippen molar-refractivity contribution >= 4 is 25.9 Å². The fraction of sp³-hybridized carbons (Fsp3) is 0.421. The van der Waals surface area contributed by atoms with Crippen LogP contribution in [-0.2, 0) is 4.79 Å². The van der Waals surface area contributed by atoms with Gasteiger partial charge in [0, 0.05) is 18.8 Å². The summed E-state index contributed by atoms with van der Waals surface area (Å²) in [6, 6.07) is 7.86. The number of rotatable bonds is 1. The van der Waals surface area contributed by atoms with E-state index in [0.29, 0.717) is 6.54 Å². The zero-order valence-electron chi connectivity index (χ0n) is 14.5. The molecule has 0 bridgehead atoms. The van der Waals surface area contributed by atoms with Gasteiger partial charge in [-0.3, -0.25) is 4.79 Å². The van der Waals surface area contributed by atoms with Gasteiger partial charge in [0.15, 0.2) is 0 Å². The summed E-state index contributed by atoms with van der Waals surface area (Å²) >= 11 is 0. The number of piperidine rings is 1. The van der Waals surface area contributed by atoms with Gasteiger partial charge in [-0.1, -0.05) is 36.4 Å². The van der Waals surface area contributed by atoms with E-state index in [2.05, 4.69) is 11.4 Å². The van der Waals surface area contributed by atoms with Crippen molar-refractivity contribution in [2.24, 2.45) is 5.92 Å². The second-order valence-corrected chi connectivity index (χ2v) is 6.19. The molecule has 25 heavy (non-hydrogen) atoms. The number of allylic oxidation sites excluding steroid dienone is 2. The monoisotopic (exact) mass is 341 g/mol. The van der Waals surface area contributed by atoms with Crippen LogP contribution >= 0.6 is 0 Å². The first-order valence-electron chi connectivity index (χ1n) is 8.81. The number of carbonyl (C=O) groups excluding carboxylic acids is 1. The van der Waals surface area contributed by atoms with E-state index < -0.39 is 0 Å². The molecule has 6 heteroatoms. The van der Waals surface area contributed by atoms with E-state index in [1.807, 2.05) is 36.4 Å². The van der Waals surface area contributed by atoms with E-state index in [9.17, 15) is 4.79 Å². The fourth-order valence-corrected chi connectivity index (χ4v) is 3.42. The zero-order chi connectivity index (χ0) is 17.9. The lowest BCUT2D eigenvalue weighted by atomic mass is 9.86. The van der Waals surface area contributed by atoms with Crippen molar-refractivity contribution in [3.8, 4) is 0 Å². The number of carbonyl (C=O) groups is 1. The number of fused-ring (bicyclic) bond motifs is 2. The Balaban J connectivity index is 0.000000158. The van der Waals surface area contributed by atoms with Crippen molar-refractivity contribution in [3.05, 3.63) is 47.7 Å². The van der Waals surface area contributed by atoms with Crippen molar-refractivity contribution < 1.29 is 14.8 Å². The Labute approximate surface area is 150 Å². The maximum Gasteiger partial charge on any atom is 0.482 e. The molecule has 3 N–H and O–H groups in total. The first kappa shape index (κ1) is 19.3. The van der Waals surface area contributed by atoms with Crippen molar-refractivity contribution in [2.75, 3.05) is 18.0 Å². The third-order valence-corrected chi connectivity index (χ3v) is 4.59. The van der Waals surface area contributed by atoms with Gasteiger partial charge in [-0.2, -0.15) is 0 Å². The van der Waals surface area contributed by atoms with Crippen LogP contribution < -0.4 is 10.2 Å². The van der Waals surface area contributed by atoms with Crippen LogP contribution in [0, 0.1) is 5.92 Å². The molecule has 0 aromatic heterocycles. The van der Waals surface area contributed by atoms with E-state index in [1.54, 1.807) is 10.6 Å². The Morgan fingerprint density at radius 3 is 2.72 bits per heavy atom. The molecule has 1 unspecified atom stereocenters. The summed E-state index contributed by atoms with van der Waals surface area (Å²) < 4.78 is 0. The predicted molar refractivity (Wildman–Crippen MR) is 102 cm³/mol. The highest BCUT2D eigenvalue weighted by molar-refractivity contribution is 6.13. The molecule has 0 saturated carbocycles. The summed E-state index contributed by atoms with van der Waals surface area (Å²) in [6.07, 6.45) is 14.2. The molecule has 2 aliphatic heterocycles. The zero-order valence-corrected chi connectivity index (χ0v) is 14.5. The molecule has 4 rings (SSSR count). The number of nitrogens with zero attached hydrogens (tertiary/aromatic N) is 1. The molecule has 1 aromatic carbocycles. The number of anilines is 1. The van der Waals surface area contributed by atoms with Gasteiger partial charge in [0.1, 0.15) is 0 Å². The Hall–Kier alpha value is -2.05. The van der Waals surface area contributed by atoms with E-state index in [0.717, 1.165) is 23.6 Å². The highest BCUT2D eigenvalue weighted by Crippen LogP contribution is 2.29. The van der Waals surface area contributed by atoms with Gasteiger partial charge in [-0.25, -0.2) is 0 Å². The number of amides is 1. The Bertz CT molecular complexity index is 604. The number of hydrogen-bond donors (Lipinski definition) is 3. The summed E-state index contributed by atoms with van der Waals surface area (Å²) in [5.74, 6) is 0.905. The minimum Gasteiger partial charge on any atom is -0.429 e. The van der Waals surface area contributed by atoms with Crippen LogP contribution in [0.2, 0.25) is 0 Å². The van der Waals surface area contributed by atoms with Gasteiger partial charge in [-0.15, -0.1) is 0 Å². The van der Waals surface area contributed by atoms with E-state index in [-0.39, 0.29) is 7.69 Å². The molecule has 1 fully saturated rings. The van der Waals surface area contributed by atoms with E-state index in [4.69, 9.17) is 10.0 Å². The third kappa shape index (κ3) is 5.76. The molecular formula is C19H26BN2O3. The topological polar surface area (TPSA) is 72.8 Å². The number of para-hydroxylation sites is 1. The van der Waals surface area contributed by atoms with Crippen molar-refractivity contribution in [1.29, 1.82) is 0 Å². The van der Waals surface area contributed by atoms with Crippen LogP contribution in [0.1, 0.15) is 37.7 Å². The average molecular weight is 341 g/mol. The van der Waals surface area contributed by atoms with Crippen molar-refractivity contribution in [3.63, 3.8) is 0 Å². The van der Waals surface area contributed by atoms with Crippen LogP contribution in [0.15, 0.2) is 42.1 Å². The van der Waals surface area contributed by atoms with Crippen LogP contribution in [0.3, 0.4) is 0 Å². The molecular weight excluding hydrogens is 315 g/mol. The van der Waals surface area contributed by atoms with Gasteiger partial charge in [0.2, 0.25) is 6.41 Å². The molecule has 1 aliphatic carbocycles. The molecule has 1 aromatic rings. The number of benzene rings is 1. The van der Waals surface area contributed by atoms with Crippen LogP contribution in [0.5, 0.6) is 0 Å². The first-order valence-corrected chi connectivity index (χ1v) is 8.81. The standard InChI is InChI=1S/C10H9NO.C9H15N.BH2O2/c12-8-11-7-3-5-9-4-1-2-6-10(9)11;1-2-6-9-8(4-1)5-3-7-10-9;2-1-3/h1-6,8H,7H2;6,8,10H,1-5,7H2;2-3H. The smallest absolute Gasteiger partial charge is 0.429 e. The Morgan fingerprint density at radius 1 is 1.20 bits per heavy atom. The minimum atomic E-state index is 0. The molecule has 133 valence electrons. The normalized spacial score (nSPS) is 20.2. The second kappa shape index (κ2) is 10.7. The van der Waals surface area contributed by atoms with E-state index >= 15 is 0 Å². The van der Waals surface area contributed by atoms with Crippen molar-refractivity contribution in [2.45, 2.75) is 32.1 Å². The van der Waals surface area contributed by atoms with Gasteiger partial charge >= 0.3 is 7.69 Å². The highest BCUT2D eigenvalue weighted by atomic mass is 16.4. The molecule has 1 amide bonds. The summed E-state index contributed by atoms with van der Waals surface area (Å²) in [4.78, 5) is 12.3. The van der Waals surface area contributed by atoms with Gasteiger partial charge in [-0.05, 0) is 49.7 Å². The summed E-state index contributed by atoms with van der Waals surface area (Å²) in [7, 11) is 0. The van der Waals surface area contributed by atoms with Crippen molar-refractivity contribution in [1.82, 2.24) is 5.32 Å². The van der Waals surface area contributed by atoms with Gasteiger partial charge < -0.3 is 20.3 Å². The maximum atomic E-state index is 10.6. The summed E-state index contributed by atoms with van der Waals surface area (Å²) in [5.41, 5.74) is 3.66. The van der Waals surface area contributed by atoms with Gasteiger partial charge in [0.05, 0.1) is 5.69 Å². The van der Waals surface area contributed by atoms with E-state index in [1.165, 1.54) is 38.6 Å². The maximum absolute atomic E-state index is 10.6. The molecule has 1 radical (unpaired) electrons. The lowest BCUT2D eigenvalue weighted by molar-refractivity contribution is -0.107. The lowest BCUT2D eigenvalue weighted by Gasteiger charge is -2.29. The lowest BCUT2D eigenvalue weighted by Crippen LogP contribution is -2.29. The second-order valence-electron chi connectivity index (χ2n) is 6.19. The number of nitrogens with one attached hydrogen (secondary N) is 1. The van der Waals surface area contributed by atoms with Crippen LogP contribution in [0.4, 0.5) is 5.69 Å². The quantitative estimate of drug-likeness (QED) is 0.541. The predicted octanol–water partition coefficient (Wildman–Crippen LogP) is 2.24. The van der Waals surface area contributed by atoms with Gasteiger partial charge in [0.25, 0.3) is 0 Å². The first-order chi connectivity index (χ1) is 12.3. The minimum absolute atomic E-state index is 0. The average Bonchev–Trinajstić information content (AvgIpc) is 2.69. The Kier molecular flexibility index (Phi) is 8.29. The van der Waals surface area contributed by atoms with Crippen LogP contribution in [-0.4, -0.2) is 37.2 Å². The third-order valence-electron chi connectivity index (χ3n) is 4.59. The molecule has 3 aliphatic rings. The molecule has 5 nitrogen and oxygen atoms in total.